The van der Waals surface area contributed by atoms with Crippen molar-refractivity contribution in [2.24, 2.45) is 0 Å². The van der Waals surface area contributed by atoms with Crippen molar-refractivity contribution in [1.29, 1.82) is 0 Å². The molecule has 88 valence electrons. The number of hydrogen-bond acceptors (Lipinski definition) is 3. The Morgan fingerprint density at radius 3 is 2.71 bits per heavy atom. The van der Waals surface area contributed by atoms with Crippen molar-refractivity contribution in [2.75, 3.05) is 17.6 Å². The summed E-state index contributed by atoms with van der Waals surface area (Å²) in [5.41, 5.74) is 8.67. The van der Waals surface area contributed by atoms with Gasteiger partial charge in [0, 0.05) is 24.0 Å². The zero-order valence-electron chi connectivity index (χ0n) is 9.36. The van der Waals surface area contributed by atoms with Gasteiger partial charge in [-0.15, -0.1) is 0 Å². The number of halogens is 1. The molecule has 0 unspecified atom stereocenters. The maximum atomic E-state index is 5.91. The van der Waals surface area contributed by atoms with Crippen LogP contribution in [-0.4, -0.2) is 11.5 Å². The number of aromatic nitrogens is 1. The molecule has 0 spiro atoms. The van der Waals surface area contributed by atoms with E-state index in [0.717, 1.165) is 18.7 Å². The maximum Gasteiger partial charge on any atom is 0.0588 e. The zero-order valence-corrected chi connectivity index (χ0v) is 10.1. The summed E-state index contributed by atoms with van der Waals surface area (Å²) in [7, 11) is 0. The van der Waals surface area contributed by atoms with Crippen LogP contribution < -0.4 is 11.1 Å². The lowest BCUT2D eigenvalue weighted by atomic mass is 10.2. The fourth-order valence-electron chi connectivity index (χ4n) is 1.57. The Hall–Kier alpha value is -1.74. The van der Waals surface area contributed by atoms with Gasteiger partial charge in [-0.3, -0.25) is 4.98 Å². The zero-order chi connectivity index (χ0) is 12.1. The highest BCUT2D eigenvalue weighted by Gasteiger charge is 1.99. The van der Waals surface area contributed by atoms with Gasteiger partial charge >= 0.3 is 0 Å². The summed E-state index contributed by atoms with van der Waals surface area (Å²) in [5, 5.41) is 3.96. The predicted molar refractivity (Wildman–Crippen MR) is 72.3 cm³/mol. The minimum atomic E-state index is 0.686. The Bertz CT molecular complexity index is 485. The third-order valence-electron chi connectivity index (χ3n) is 2.49. The molecule has 0 saturated heterocycles. The van der Waals surface area contributed by atoms with Gasteiger partial charge in [-0.25, -0.2) is 0 Å². The van der Waals surface area contributed by atoms with Crippen molar-refractivity contribution in [2.45, 2.75) is 6.42 Å². The van der Waals surface area contributed by atoms with E-state index < -0.39 is 0 Å². The van der Waals surface area contributed by atoms with E-state index in [2.05, 4.69) is 10.3 Å². The summed E-state index contributed by atoms with van der Waals surface area (Å²) < 4.78 is 0. The summed E-state index contributed by atoms with van der Waals surface area (Å²) >= 11 is 5.91. The molecule has 0 radical (unpaired) electrons. The Morgan fingerprint density at radius 2 is 1.94 bits per heavy atom. The van der Waals surface area contributed by atoms with Gasteiger partial charge in [0.25, 0.3) is 0 Å². The van der Waals surface area contributed by atoms with Gasteiger partial charge in [-0.2, -0.15) is 0 Å². The highest BCUT2D eigenvalue weighted by Crippen LogP contribution is 2.22. The molecular formula is C13H14ClN3. The van der Waals surface area contributed by atoms with Crippen molar-refractivity contribution in [3.8, 4) is 0 Å². The van der Waals surface area contributed by atoms with Crippen LogP contribution in [0.1, 0.15) is 5.56 Å². The number of nitrogen functional groups attached to an aromatic ring is 1. The third-order valence-corrected chi connectivity index (χ3v) is 2.73. The molecule has 1 heterocycles. The molecule has 4 heteroatoms. The molecule has 1 aromatic heterocycles. The monoisotopic (exact) mass is 247 g/mol. The van der Waals surface area contributed by atoms with Crippen LogP contribution in [0.15, 0.2) is 42.7 Å². The van der Waals surface area contributed by atoms with Gasteiger partial charge in [0.2, 0.25) is 0 Å². The number of benzene rings is 1. The van der Waals surface area contributed by atoms with Crippen LogP contribution >= 0.6 is 11.6 Å². The topological polar surface area (TPSA) is 50.9 Å². The number of nitrogens with one attached hydrogen (secondary N) is 1. The molecule has 3 N–H and O–H groups in total. The molecule has 0 aliphatic heterocycles. The predicted octanol–water partition coefficient (Wildman–Crippen LogP) is 2.97. The van der Waals surface area contributed by atoms with Crippen molar-refractivity contribution in [3.63, 3.8) is 0 Å². The average molecular weight is 248 g/mol. The molecule has 0 fully saturated rings. The summed E-state index contributed by atoms with van der Waals surface area (Å²) in [6.45, 7) is 0.814. The molecular weight excluding hydrogens is 234 g/mol. The molecule has 0 bridgehead atoms. The summed E-state index contributed by atoms with van der Waals surface area (Å²) in [5.74, 6) is 0. The minimum Gasteiger partial charge on any atom is -0.397 e. The highest BCUT2D eigenvalue weighted by atomic mass is 35.5. The van der Waals surface area contributed by atoms with E-state index in [9.17, 15) is 0 Å². The Balaban J connectivity index is 1.92. The quantitative estimate of drug-likeness (QED) is 0.817. The first-order valence-corrected chi connectivity index (χ1v) is 5.81. The van der Waals surface area contributed by atoms with Crippen molar-refractivity contribution in [3.05, 3.63) is 53.3 Å². The Morgan fingerprint density at radius 1 is 1.18 bits per heavy atom. The van der Waals surface area contributed by atoms with E-state index in [0.29, 0.717) is 10.7 Å². The second-order valence-corrected chi connectivity index (χ2v) is 4.20. The molecule has 0 amide bonds. The van der Waals surface area contributed by atoms with Crippen LogP contribution in [-0.2, 0) is 6.42 Å². The maximum absolute atomic E-state index is 5.91. The molecule has 17 heavy (non-hydrogen) atoms. The fourth-order valence-corrected chi connectivity index (χ4v) is 1.74. The van der Waals surface area contributed by atoms with E-state index in [1.165, 1.54) is 5.56 Å². The molecule has 2 rings (SSSR count). The number of anilines is 2. The standard InChI is InChI=1S/C13H14ClN3/c14-11-1-2-12(15)13(9-11)17-8-5-10-3-6-16-7-4-10/h1-4,6-7,9,17H,5,8,15H2. The fraction of sp³-hybridized carbons (Fsp3) is 0.154. The van der Waals surface area contributed by atoms with E-state index >= 15 is 0 Å². The minimum absolute atomic E-state index is 0.686. The second-order valence-electron chi connectivity index (χ2n) is 3.76. The van der Waals surface area contributed by atoms with Crippen LogP contribution in [0, 0.1) is 0 Å². The first kappa shape index (κ1) is 11.7. The van der Waals surface area contributed by atoms with Gasteiger partial charge in [0.05, 0.1) is 11.4 Å². The molecule has 0 saturated carbocycles. The number of pyridine rings is 1. The average Bonchev–Trinajstić information content (AvgIpc) is 2.35. The number of nitrogens with zero attached hydrogens (tertiary/aromatic N) is 1. The van der Waals surface area contributed by atoms with Gasteiger partial charge < -0.3 is 11.1 Å². The van der Waals surface area contributed by atoms with Crippen LogP contribution in [0.25, 0.3) is 0 Å². The second kappa shape index (κ2) is 5.55. The lowest BCUT2D eigenvalue weighted by Gasteiger charge is -2.09. The highest BCUT2D eigenvalue weighted by molar-refractivity contribution is 6.31. The van der Waals surface area contributed by atoms with E-state index in [-0.39, 0.29) is 0 Å². The van der Waals surface area contributed by atoms with Crippen LogP contribution in [0.3, 0.4) is 0 Å². The normalized spacial score (nSPS) is 10.2. The SMILES string of the molecule is Nc1ccc(Cl)cc1NCCc1ccncc1. The molecule has 0 aliphatic carbocycles. The lowest BCUT2D eigenvalue weighted by Crippen LogP contribution is -2.06. The van der Waals surface area contributed by atoms with E-state index in [1.807, 2.05) is 18.2 Å². The molecule has 0 aliphatic rings. The van der Waals surface area contributed by atoms with Crippen molar-refractivity contribution >= 4 is 23.0 Å². The van der Waals surface area contributed by atoms with Gasteiger partial charge in [0.15, 0.2) is 0 Å². The van der Waals surface area contributed by atoms with Gasteiger partial charge in [0.1, 0.15) is 0 Å². The van der Waals surface area contributed by atoms with E-state index in [4.69, 9.17) is 17.3 Å². The van der Waals surface area contributed by atoms with Crippen molar-refractivity contribution in [1.82, 2.24) is 4.98 Å². The Kier molecular flexibility index (Phi) is 3.83. The first-order valence-electron chi connectivity index (χ1n) is 5.43. The van der Waals surface area contributed by atoms with E-state index in [1.54, 1.807) is 24.5 Å². The third kappa shape index (κ3) is 3.36. The lowest BCUT2D eigenvalue weighted by molar-refractivity contribution is 1.01. The summed E-state index contributed by atoms with van der Waals surface area (Å²) in [6.07, 6.45) is 4.51. The Labute approximate surface area is 106 Å². The number of rotatable bonds is 4. The number of nitrogens with two attached hydrogens (primary N) is 1. The van der Waals surface area contributed by atoms with Crippen molar-refractivity contribution < 1.29 is 0 Å². The molecule has 2 aromatic rings. The summed E-state index contributed by atoms with van der Waals surface area (Å²) in [4.78, 5) is 3.98. The first-order chi connectivity index (χ1) is 8.25. The summed E-state index contributed by atoms with van der Waals surface area (Å²) in [6, 6.07) is 9.43. The molecule has 3 nitrogen and oxygen atoms in total. The van der Waals surface area contributed by atoms with Gasteiger partial charge in [-0.05, 0) is 42.3 Å². The molecule has 0 atom stereocenters. The van der Waals surface area contributed by atoms with Crippen LogP contribution in [0.4, 0.5) is 11.4 Å². The van der Waals surface area contributed by atoms with Gasteiger partial charge in [-0.1, -0.05) is 11.6 Å². The number of hydrogen-bond donors (Lipinski definition) is 2. The smallest absolute Gasteiger partial charge is 0.0588 e. The molecule has 1 aromatic carbocycles. The van der Waals surface area contributed by atoms with Crippen LogP contribution in [0.2, 0.25) is 5.02 Å². The largest absolute Gasteiger partial charge is 0.397 e. The van der Waals surface area contributed by atoms with Crippen LogP contribution in [0.5, 0.6) is 0 Å².